The number of morpholine rings is 1. The lowest BCUT2D eigenvalue weighted by Gasteiger charge is -2.26. The fraction of sp³-hybridized carbons (Fsp3) is 0.300. The summed E-state index contributed by atoms with van der Waals surface area (Å²) in [4.78, 5) is 24.6. The number of carbonyl (C=O) groups is 2. The minimum absolute atomic E-state index is 0.100. The Kier molecular flexibility index (Phi) is 7.16. The number of esters is 1. The van der Waals surface area contributed by atoms with Gasteiger partial charge in [-0.25, -0.2) is 13.2 Å². The second-order valence-corrected chi connectivity index (χ2v) is 9.11. The minimum atomic E-state index is -3.64. The van der Waals surface area contributed by atoms with Crippen LogP contribution in [0.1, 0.15) is 17.3 Å². The number of phenolic OH excluding ortho intramolecular Hbond substituents is 1. The molecule has 1 saturated heterocycles. The van der Waals surface area contributed by atoms with Gasteiger partial charge in [0.15, 0.2) is 6.10 Å². The van der Waals surface area contributed by atoms with Crippen molar-refractivity contribution < 1.29 is 32.6 Å². The molecular weight excluding hydrogens is 448 g/mol. The highest BCUT2D eigenvalue weighted by Gasteiger charge is 2.26. The number of nitrogens with one attached hydrogen (secondary N) is 1. The van der Waals surface area contributed by atoms with E-state index >= 15 is 0 Å². The zero-order valence-corrected chi connectivity index (χ0v) is 18.1. The Morgan fingerprint density at radius 3 is 2.45 bits per heavy atom. The van der Waals surface area contributed by atoms with E-state index in [0.717, 1.165) is 0 Å². The molecule has 1 heterocycles. The molecule has 1 atom stereocenters. The van der Waals surface area contributed by atoms with Crippen LogP contribution in [0.3, 0.4) is 0 Å². The Morgan fingerprint density at radius 1 is 1.16 bits per heavy atom. The molecule has 2 N–H and O–H groups in total. The van der Waals surface area contributed by atoms with Gasteiger partial charge in [0.05, 0.1) is 18.1 Å². The number of hydrogen-bond donors (Lipinski definition) is 2. The lowest BCUT2D eigenvalue weighted by Crippen LogP contribution is -2.40. The van der Waals surface area contributed by atoms with Crippen LogP contribution in [0.4, 0.5) is 5.69 Å². The van der Waals surface area contributed by atoms with Gasteiger partial charge in [-0.3, -0.25) is 4.79 Å². The highest BCUT2D eigenvalue weighted by Crippen LogP contribution is 2.23. The van der Waals surface area contributed by atoms with E-state index in [4.69, 9.17) is 21.1 Å². The number of rotatable bonds is 6. The number of ether oxygens (including phenoxy) is 2. The number of anilines is 1. The smallest absolute Gasteiger partial charge is 0.342 e. The predicted molar refractivity (Wildman–Crippen MR) is 113 cm³/mol. The second kappa shape index (κ2) is 9.65. The summed E-state index contributed by atoms with van der Waals surface area (Å²) in [6, 6.07) is 9.56. The van der Waals surface area contributed by atoms with E-state index in [1.165, 1.54) is 53.7 Å². The van der Waals surface area contributed by atoms with Gasteiger partial charge in [0.2, 0.25) is 10.0 Å². The number of hydrogen-bond acceptors (Lipinski definition) is 7. The van der Waals surface area contributed by atoms with Gasteiger partial charge in [0, 0.05) is 23.8 Å². The molecule has 1 amide bonds. The van der Waals surface area contributed by atoms with Crippen LogP contribution < -0.4 is 5.32 Å². The fourth-order valence-corrected chi connectivity index (χ4v) is 4.42. The molecule has 0 aliphatic carbocycles. The lowest BCUT2D eigenvalue weighted by atomic mass is 10.2. The van der Waals surface area contributed by atoms with Crippen LogP contribution in [0.5, 0.6) is 5.75 Å². The van der Waals surface area contributed by atoms with Crippen molar-refractivity contribution in [3.63, 3.8) is 0 Å². The van der Waals surface area contributed by atoms with Crippen LogP contribution in [-0.2, 0) is 24.3 Å². The van der Waals surface area contributed by atoms with Crippen LogP contribution in [-0.4, -0.2) is 62.1 Å². The number of carbonyl (C=O) groups excluding carboxylic acids is 2. The van der Waals surface area contributed by atoms with Crippen molar-refractivity contribution in [2.24, 2.45) is 0 Å². The molecule has 0 bridgehead atoms. The molecule has 166 valence electrons. The first-order valence-corrected chi connectivity index (χ1v) is 11.2. The average Bonchev–Trinajstić information content (AvgIpc) is 2.76. The molecular formula is C20H21ClN2O7S. The summed E-state index contributed by atoms with van der Waals surface area (Å²) < 4.78 is 36.9. The van der Waals surface area contributed by atoms with E-state index in [-0.39, 0.29) is 34.3 Å². The Balaban J connectivity index is 1.62. The van der Waals surface area contributed by atoms with Gasteiger partial charge in [-0.15, -0.1) is 0 Å². The first kappa shape index (κ1) is 23.0. The van der Waals surface area contributed by atoms with Crippen molar-refractivity contribution in [3.8, 4) is 5.75 Å². The Morgan fingerprint density at radius 2 is 1.81 bits per heavy atom. The number of amides is 1. The van der Waals surface area contributed by atoms with E-state index in [1.54, 1.807) is 0 Å². The summed E-state index contributed by atoms with van der Waals surface area (Å²) in [5.74, 6) is -1.85. The van der Waals surface area contributed by atoms with Gasteiger partial charge in [-0.2, -0.15) is 4.31 Å². The summed E-state index contributed by atoms with van der Waals surface area (Å²) in [5, 5.41) is 12.5. The Bertz CT molecular complexity index is 1070. The maximum absolute atomic E-state index is 12.6. The molecule has 1 aliphatic heterocycles. The lowest BCUT2D eigenvalue weighted by molar-refractivity contribution is -0.123. The number of aromatic hydroxyl groups is 1. The molecule has 31 heavy (non-hydrogen) atoms. The average molecular weight is 469 g/mol. The first-order chi connectivity index (χ1) is 14.7. The minimum Gasteiger partial charge on any atom is -0.507 e. The highest BCUT2D eigenvalue weighted by atomic mass is 35.5. The van der Waals surface area contributed by atoms with Crippen LogP contribution in [0.2, 0.25) is 5.02 Å². The fourth-order valence-electron chi connectivity index (χ4n) is 2.84. The normalized spacial score (nSPS) is 15.8. The second-order valence-electron chi connectivity index (χ2n) is 6.74. The van der Waals surface area contributed by atoms with Crippen molar-refractivity contribution in [3.05, 3.63) is 53.1 Å². The maximum Gasteiger partial charge on any atom is 0.342 e. The van der Waals surface area contributed by atoms with E-state index in [9.17, 15) is 23.1 Å². The third kappa shape index (κ3) is 5.53. The van der Waals surface area contributed by atoms with Crippen molar-refractivity contribution in [1.29, 1.82) is 0 Å². The molecule has 2 aromatic carbocycles. The number of sulfonamides is 1. The van der Waals surface area contributed by atoms with Crippen molar-refractivity contribution in [2.75, 3.05) is 31.6 Å². The zero-order chi connectivity index (χ0) is 22.6. The molecule has 2 aromatic rings. The maximum atomic E-state index is 12.6. The number of benzene rings is 2. The van der Waals surface area contributed by atoms with Gasteiger partial charge in [-0.05, 0) is 49.4 Å². The monoisotopic (exact) mass is 468 g/mol. The molecule has 0 radical (unpaired) electrons. The van der Waals surface area contributed by atoms with E-state index in [0.29, 0.717) is 18.9 Å². The first-order valence-electron chi connectivity index (χ1n) is 9.37. The number of phenols is 1. The quantitative estimate of drug-likeness (QED) is 0.623. The van der Waals surface area contributed by atoms with Gasteiger partial charge in [0.1, 0.15) is 11.3 Å². The third-order valence-electron chi connectivity index (χ3n) is 4.56. The summed E-state index contributed by atoms with van der Waals surface area (Å²) in [6.07, 6.45) is -1.18. The molecule has 1 unspecified atom stereocenters. The molecule has 11 heteroatoms. The van der Waals surface area contributed by atoms with Crippen LogP contribution >= 0.6 is 11.6 Å². The van der Waals surface area contributed by atoms with Gasteiger partial charge < -0.3 is 19.9 Å². The largest absolute Gasteiger partial charge is 0.507 e. The van der Waals surface area contributed by atoms with Gasteiger partial charge >= 0.3 is 5.97 Å². The molecule has 9 nitrogen and oxygen atoms in total. The molecule has 0 saturated carbocycles. The van der Waals surface area contributed by atoms with Crippen molar-refractivity contribution in [2.45, 2.75) is 17.9 Å². The van der Waals surface area contributed by atoms with Crippen LogP contribution in [0.15, 0.2) is 47.4 Å². The molecule has 0 spiro atoms. The van der Waals surface area contributed by atoms with Gasteiger partial charge in [0.25, 0.3) is 5.91 Å². The van der Waals surface area contributed by atoms with E-state index in [2.05, 4.69) is 5.32 Å². The summed E-state index contributed by atoms with van der Waals surface area (Å²) in [5.41, 5.74) is 0.171. The van der Waals surface area contributed by atoms with Crippen LogP contribution in [0, 0.1) is 0 Å². The summed E-state index contributed by atoms with van der Waals surface area (Å²) in [7, 11) is -3.64. The Hall–Kier alpha value is -2.66. The Labute approximate surface area is 184 Å². The summed E-state index contributed by atoms with van der Waals surface area (Å²) >= 11 is 5.81. The molecule has 3 rings (SSSR count). The highest BCUT2D eigenvalue weighted by molar-refractivity contribution is 7.89. The standard InChI is InChI=1S/C20H21ClN2O7S/c1-13(30-20(26)17-12-14(21)2-7-18(17)24)19(25)22-15-3-5-16(6-4-15)31(27,28)23-8-10-29-11-9-23/h2-7,12-13,24H,8-11H2,1H3,(H,22,25). The SMILES string of the molecule is CC(OC(=O)c1cc(Cl)ccc1O)C(=O)Nc1ccc(S(=O)(=O)N2CCOCC2)cc1. The summed E-state index contributed by atoms with van der Waals surface area (Å²) in [6.45, 7) is 2.62. The van der Waals surface area contributed by atoms with Gasteiger partial charge in [-0.1, -0.05) is 11.6 Å². The topological polar surface area (TPSA) is 122 Å². The van der Waals surface area contributed by atoms with Crippen LogP contribution in [0.25, 0.3) is 0 Å². The third-order valence-corrected chi connectivity index (χ3v) is 6.71. The van der Waals surface area contributed by atoms with Crippen molar-refractivity contribution >= 4 is 39.2 Å². The molecule has 1 fully saturated rings. The molecule has 1 aliphatic rings. The molecule has 0 aromatic heterocycles. The number of nitrogens with zero attached hydrogens (tertiary/aromatic N) is 1. The zero-order valence-electron chi connectivity index (χ0n) is 16.6. The van der Waals surface area contributed by atoms with E-state index < -0.39 is 28.0 Å². The number of halogens is 1. The van der Waals surface area contributed by atoms with E-state index in [1.807, 2.05) is 0 Å². The van der Waals surface area contributed by atoms with Crippen molar-refractivity contribution in [1.82, 2.24) is 4.31 Å². The predicted octanol–water partition coefficient (Wildman–Crippen LogP) is 2.25.